The Kier molecular flexibility index (Phi) is 11.3. The smallest absolute Gasteiger partial charge is 0.351 e. The molecule has 1 aromatic rings. The van der Waals surface area contributed by atoms with Gasteiger partial charge in [0.2, 0.25) is 6.29 Å². The summed E-state index contributed by atoms with van der Waals surface area (Å²) in [5, 5.41) is 116. The number of carbonyl (C=O) groups excluding carboxylic acids is 1. The van der Waals surface area contributed by atoms with E-state index in [2.05, 4.69) is 5.32 Å². The molecule has 4 aliphatic rings. The number of carboxylic acids is 3. The van der Waals surface area contributed by atoms with Gasteiger partial charge in [0.05, 0.1) is 13.2 Å². The van der Waals surface area contributed by atoms with E-state index in [1.807, 2.05) is 0 Å². The van der Waals surface area contributed by atoms with Crippen LogP contribution in [-0.4, -0.2) is 162 Å². The SMILES string of the molecule is O=C(O)C1=CC(=CC[NH+]2c3cc(O)c(OC4OC(CO)C(OC5OC(CO)C(O)C(O)C5O)C(O)C4O)cc3CC2C(=O)[O-])CC(C(=O)O)N1. The summed E-state index contributed by atoms with van der Waals surface area (Å²) in [5.41, 5.74) is 0.641. The van der Waals surface area contributed by atoms with Crippen LogP contribution in [0.2, 0.25) is 0 Å². The van der Waals surface area contributed by atoms with Gasteiger partial charge in [-0.3, -0.25) is 4.90 Å². The molecule has 5 rings (SSSR count). The van der Waals surface area contributed by atoms with Crippen LogP contribution < -0.4 is 20.1 Å². The average molecular weight is 715 g/mol. The Morgan fingerprint density at radius 2 is 1.58 bits per heavy atom. The van der Waals surface area contributed by atoms with Crippen LogP contribution in [0, 0.1) is 0 Å². The molecule has 20 nitrogen and oxygen atoms in total. The number of aliphatic hydroxyl groups is 7. The summed E-state index contributed by atoms with van der Waals surface area (Å²) >= 11 is 0. The monoisotopic (exact) mass is 714 g/mol. The molecular formula is C30H38N2O18. The summed E-state index contributed by atoms with van der Waals surface area (Å²) in [6.45, 7) is -1.67. The van der Waals surface area contributed by atoms with Gasteiger partial charge in [-0.15, -0.1) is 0 Å². The number of rotatable bonds is 11. The first-order valence-electron chi connectivity index (χ1n) is 15.5. The molecule has 4 heterocycles. The quantitative estimate of drug-likeness (QED) is 0.101. The normalized spacial score (nSPS) is 37.8. The van der Waals surface area contributed by atoms with Gasteiger partial charge in [-0.05, 0) is 23.8 Å². The number of hydrogen-bond donors (Lipinski definition) is 12. The lowest BCUT2D eigenvalue weighted by atomic mass is 9.97. The molecule has 2 saturated heterocycles. The second-order valence-corrected chi connectivity index (χ2v) is 12.3. The second kappa shape index (κ2) is 15.1. The first kappa shape index (κ1) is 37.3. The molecule has 13 unspecified atom stereocenters. The molecule has 0 amide bonds. The van der Waals surface area contributed by atoms with Crippen molar-refractivity contribution in [3.05, 3.63) is 41.1 Å². The zero-order valence-corrected chi connectivity index (χ0v) is 26.0. The third kappa shape index (κ3) is 7.41. The number of nitrogens with one attached hydrogen (secondary N) is 2. The molecule has 2 fully saturated rings. The molecular weight excluding hydrogens is 676 g/mol. The lowest BCUT2D eigenvalue weighted by Gasteiger charge is -2.45. The lowest BCUT2D eigenvalue weighted by Crippen LogP contribution is -3.11. The summed E-state index contributed by atoms with van der Waals surface area (Å²) in [7, 11) is 0. The molecule has 13 atom stereocenters. The van der Waals surface area contributed by atoms with Crippen LogP contribution in [0.5, 0.6) is 11.5 Å². The van der Waals surface area contributed by atoms with E-state index >= 15 is 0 Å². The predicted molar refractivity (Wildman–Crippen MR) is 156 cm³/mol. The Balaban J connectivity index is 1.33. The van der Waals surface area contributed by atoms with E-state index < -0.39 is 110 Å². The maximum absolute atomic E-state index is 12.1. The molecule has 0 saturated carbocycles. The van der Waals surface area contributed by atoms with Crippen LogP contribution in [-0.2, 0) is 35.0 Å². The Bertz CT molecular complexity index is 1510. The Labute approximate surface area is 282 Å². The van der Waals surface area contributed by atoms with Gasteiger partial charge in [-0.1, -0.05) is 0 Å². The van der Waals surface area contributed by atoms with Crippen LogP contribution in [0.4, 0.5) is 5.69 Å². The molecule has 20 heteroatoms. The fourth-order valence-corrected chi connectivity index (χ4v) is 6.38. The fraction of sp³-hybridized carbons (Fsp3) is 0.567. The van der Waals surface area contributed by atoms with Crippen LogP contribution in [0.1, 0.15) is 12.0 Å². The molecule has 0 aliphatic carbocycles. The maximum atomic E-state index is 12.1. The van der Waals surface area contributed by atoms with E-state index in [1.165, 1.54) is 24.3 Å². The van der Waals surface area contributed by atoms with Crippen molar-refractivity contribution < 1.29 is 94.4 Å². The first-order chi connectivity index (χ1) is 23.6. The van der Waals surface area contributed by atoms with Gasteiger partial charge in [0, 0.05) is 24.5 Å². The maximum Gasteiger partial charge on any atom is 0.351 e. The molecule has 0 bridgehead atoms. The number of allylic oxidation sites excluding steroid dienone is 1. The minimum atomic E-state index is -1.92. The van der Waals surface area contributed by atoms with Gasteiger partial charge in [-0.25, -0.2) is 9.59 Å². The van der Waals surface area contributed by atoms with Gasteiger partial charge in [0.25, 0.3) is 0 Å². The number of carboxylic acid groups (broad SMARTS) is 3. The summed E-state index contributed by atoms with van der Waals surface area (Å²) in [6.07, 6.45) is -14.6. The van der Waals surface area contributed by atoms with Crippen LogP contribution in [0.15, 0.2) is 35.6 Å². The highest BCUT2D eigenvalue weighted by atomic mass is 16.7. The van der Waals surface area contributed by atoms with Crippen molar-refractivity contribution in [2.24, 2.45) is 0 Å². The molecule has 4 aliphatic heterocycles. The number of aliphatic hydroxyl groups excluding tert-OH is 7. The molecule has 0 aromatic heterocycles. The number of ether oxygens (including phenoxy) is 4. The highest BCUT2D eigenvalue weighted by Crippen LogP contribution is 2.37. The van der Waals surface area contributed by atoms with Crippen molar-refractivity contribution in [1.29, 1.82) is 0 Å². The number of carbonyl (C=O) groups is 3. The Hall–Kier alpha value is -3.93. The Morgan fingerprint density at radius 1 is 0.920 bits per heavy atom. The highest BCUT2D eigenvalue weighted by Gasteiger charge is 2.51. The average Bonchev–Trinajstić information content (AvgIpc) is 3.44. The van der Waals surface area contributed by atoms with E-state index in [-0.39, 0.29) is 35.7 Å². The van der Waals surface area contributed by atoms with Crippen molar-refractivity contribution >= 4 is 23.6 Å². The lowest BCUT2D eigenvalue weighted by molar-refractivity contribution is -0.840. The zero-order chi connectivity index (χ0) is 36.6. The van der Waals surface area contributed by atoms with Gasteiger partial charge >= 0.3 is 11.9 Å². The number of phenols is 1. The van der Waals surface area contributed by atoms with Crippen LogP contribution in [0.3, 0.4) is 0 Å². The molecule has 0 spiro atoms. The van der Waals surface area contributed by atoms with Crippen molar-refractivity contribution in [2.75, 3.05) is 19.8 Å². The summed E-state index contributed by atoms with van der Waals surface area (Å²) < 4.78 is 22.1. The standard InChI is InChI=1S/C30H38N2O18/c33-8-18-20(36)21(37)23(39)30(48-18)50-25-19(9-34)49-29(24(40)22(25)38)47-17-6-11-5-15(28(45)46)32(14(11)7-16(17)35)2-1-10-3-12(26(41)42)31-13(4-10)27(43)44/h1,3,6-7,13,15,18-25,29-31,33-40H,2,4-5,8-9H2,(H,41,42)(H,43,44)(H,45,46). The minimum absolute atomic E-state index is 0.0684. The topological polar surface area (TPSA) is 330 Å². The summed E-state index contributed by atoms with van der Waals surface area (Å²) in [4.78, 5) is 35.4. The summed E-state index contributed by atoms with van der Waals surface area (Å²) in [5.74, 6) is -4.96. The molecule has 1 aromatic carbocycles. The third-order valence-corrected chi connectivity index (χ3v) is 9.08. The van der Waals surface area contributed by atoms with Crippen molar-refractivity contribution in [3.63, 3.8) is 0 Å². The van der Waals surface area contributed by atoms with Crippen molar-refractivity contribution in [2.45, 2.75) is 86.3 Å². The zero-order valence-electron chi connectivity index (χ0n) is 26.0. The van der Waals surface area contributed by atoms with Crippen molar-refractivity contribution in [1.82, 2.24) is 5.32 Å². The largest absolute Gasteiger partial charge is 0.544 e. The number of quaternary nitrogens is 1. The number of aromatic hydroxyl groups is 1. The first-order valence-corrected chi connectivity index (χ1v) is 15.5. The fourth-order valence-electron chi connectivity index (χ4n) is 6.38. The van der Waals surface area contributed by atoms with Gasteiger partial charge in [0.15, 0.2) is 17.8 Å². The molecule has 50 heavy (non-hydrogen) atoms. The van der Waals surface area contributed by atoms with E-state index in [9.17, 15) is 70.6 Å². The highest BCUT2D eigenvalue weighted by molar-refractivity contribution is 5.89. The third-order valence-electron chi connectivity index (χ3n) is 9.08. The predicted octanol–water partition coefficient (Wildman–Crippen LogP) is -7.07. The number of fused-ring (bicyclic) bond motifs is 1. The van der Waals surface area contributed by atoms with Crippen LogP contribution in [0.25, 0.3) is 0 Å². The molecule has 276 valence electrons. The van der Waals surface area contributed by atoms with Gasteiger partial charge in [0.1, 0.15) is 84.8 Å². The van der Waals surface area contributed by atoms with Crippen LogP contribution >= 0.6 is 0 Å². The van der Waals surface area contributed by atoms with Gasteiger partial charge < -0.3 is 85.2 Å². The number of aliphatic carboxylic acids is 3. The number of hydrogen-bond acceptors (Lipinski definition) is 17. The second-order valence-electron chi connectivity index (χ2n) is 12.3. The molecule has 0 radical (unpaired) electrons. The number of benzene rings is 1. The van der Waals surface area contributed by atoms with Gasteiger partial charge in [-0.2, -0.15) is 0 Å². The van der Waals surface area contributed by atoms with E-state index in [4.69, 9.17) is 18.9 Å². The van der Waals surface area contributed by atoms with E-state index in [0.717, 1.165) is 0 Å². The minimum Gasteiger partial charge on any atom is -0.544 e. The number of phenolic OH excluding ortho intramolecular Hbond substituents is 1. The summed E-state index contributed by atoms with van der Waals surface area (Å²) in [6, 6.07) is 0.0626. The van der Waals surface area contributed by atoms with Crippen molar-refractivity contribution in [3.8, 4) is 11.5 Å². The van der Waals surface area contributed by atoms with E-state index in [1.54, 1.807) is 0 Å². The van der Waals surface area contributed by atoms with E-state index in [0.29, 0.717) is 16.8 Å². The molecule has 12 N–H and O–H groups in total. The Morgan fingerprint density at radius 3 is 2.20 bits per heavy atom.